The molecule has 0 radical (unpaired) electrons. The second-order valence-electron chi connectivity index (χ2n) is 3.92. The topological polar surface area (TPSA) is 88.0 Å². The van der Waals surface area contributed by atoms with E-state index in [4.69, 9.17) is 9.84 Å². The van der Waals surface area contributed by atoms with Crippen LogP contribution in [-0.4, -0.2) is 35.2 Å². The molecular formula is C9H16N2O4. The lowest BCUT2D eigenvalue weighted by molar-refractivity contribution is -0.135. The van der Waals surface area contributed by atoms with Gasteiger partial charge in [-0.3, -0.25) is 15.1 Å². The van der Waals surface area contributed by atoms with Gasteiger partial charge in [0.2, 0.25) is 0 Å². The van der Waals surface area contributed by atoms with Gasteiger partial charge in [0.05, 0.1) is 0 Å². The fourth-order valence-corrected chi connectivity index (χ4v) is 0.677. The van der Waals surface area contributed by atoms with Gasteiger partial charge in [0.1, 0.15) is 18.0 Å². The molecule has 0 spiro atoms. The zero-order valence-corrected chi connectivity index (χ0v) is 9.33. The molecule has 0 rings (SSSR count). The van der Waals surface area contributed by atoms with Crippen molar-refractivity contribution in [2.45, 2.75) is 33.3 Å². The lowest BCUT2D eigenvalue weighted by Crippen LogP contribution is -2.35. The van der Waals surface area contributed by atoms with E-state index in [9.17, 15) is 9.59 Å². The molecule has 0 aliphatic heterocycles. The van der Waals surface area contributed by atoms with Gasteiger partial charge in [-0.1, -0.05) is 0 Å². The number of nitrogens with zero attached hydrogens (tertiary/aromatic N) is 1. The van der Waals surface area contributed by atoms with Gasteiger partial charge in [0.25, 0.3) is 0 Å². The number of carboxylic acids is 1. The van der Waals surface area contributed by atoms with Gasteiger partial charge in [-0.25, -0.2) is 4.79 Å². The fraction of sp³-hybridized carbons (Fsp3) is 0.667. The first-order valence-corrected chi connectivity index (χ1v) is 4.43. The Hall–Kier alpha value is -1.59. The average Bonchev–Trinajstić information content (AvgIpc) is 1.96. The van der Waals surface area contributed by atoms with Crippen LogP contribution in [0.1, 0.15) is 27.7 Å². The van der Waals surface area contributed by atoms with Crippen molar-refractivity contribution in [3.63, 3.8) is 0 Å². The van der Waals surface area contributed by atoms with Crippen molar-refractivity contribution in [1.82, 2.24) is 5.32 Å². The first-order valence-electron chi connectivity index (χ1n) is 4.43. The summed E-state index contributed by atoms with van der Waals surface area (Å²) in [7, 11) is 0. The van der Waals surface area contributed by atoms with Crippen molar-refractivity contribution in [3.05, 3.63) is 0 Å². The molecule has 86 valence electrons. The first-order chi connectivity index (χ1) is 6.70. The van der Waals surface area contributed by atoms with Crippen LogP contribution in [0, 0.1) is 0 Å². The van der Waals surface area contributed by atoms with Crippen LogP contribution < -0.4 is 5.32 Å². The lowest BCUT2D eigenvalue weighted by atomic mass is 10.2. The summed E-state index contributed by atoms with van der Waals surface area (Å²) < 4.78 is 4.94. The highest BCUT2D eigenvalue weighted by Gasteiger charge is 2.16. The number of nitrogens with one attached hydrogen (secondary N) is 1. The van der Waals surface area contributed by atoms with Crippen LogP contribution >= 0.6 is 0 Å². The highest BCUT2D eigenvalue weighted by Crippen LogP contribution is 2.06. The maximum Gasteiger partial charge on any atom is 0.413 e. The van der Waals surface area contributed by atoms with Crippen LogP contribution in [0.15, 0.2) is 4.99 Å². The molecule has 0 aromatic carbocycles. The molecule has 0 aromatic heterocycles. The summed E-state index contributed by atoms with van der Waals surface area (Å²) in [4.78, 5) is 24.9. The van der Waals surface area contributed by atoms with E-state index in [-0.39, 0.29) is 12.4 Å². The summed E-state index contributed by atoms with van der Waals surface area (Å²) in [6, 6.07) is 0. The van der Waals surface area contributed by atoms with E-state index in [0.29, 0.717) is 0 Å². The molecule has 0 fully saturated rings. The minimum Gasteiger partial charge on any atom is -0.480 e. The van der Waals surface area contributed by atoms with E-state index in [1.807, 2.05) is 0 Å². The predicted molar refractivity (Wildman–Crippen MR) is 55.0 cm³/mol. The highest BCUT2D eigenvalue weighted by molar-refractivity contribution is 5.94. The molecule has 0 bridgehead atoms. The third-order valence-electron chi connectivity index (χ3n) is 1.13. The maximum atomic E-state index is 11.2. The Morgan fingerprint density at radius 2 is 1.93 bits per heavy atom. The van der Waals surface area contributed by atoms with Crippen molar-refractivity contribution in [2.75, 3.05) is 6.54 Å². The van der Waals surface area contributed by atoms with E-state index >= 15 is 0 Å². The molecule has 2 N–H and O–H groups in total. The summed E-state index contributed by atoms with van der Waals surface area (Å²) in [5.41, 5.74) is -0.586. The van der Waals surface area contributed by atoms with Crippen LogP contribution in [0.25, 0.3) is 0 Å². The molecule has 0 atom stereocenters. The van der Waals surface area contributed by atoms with E-state index in [1.165, 1.54) is 6.92 Å². The standard InChI is InChI=1S/C9H16N2O4/c1-6(10-5-7(12)13)11-8(14)15-9(2,3)4/h5H2,1-4H3,(H,12,13)(H,10,11,14). The molecule has 0 aliphatic rings. The second kappa shape index (κ2) is 5.33. The summed E-state index contributed by atoms with van der Waals surface area (Å²) in [5, 5.41) is 10.6. The number of aliphatic carboxylic acids is 1. The number of rotatable bonds is 2. The van der Waals surface area contributed by atoms with Gasteiger partial charge < -0.3 is 9.84 Å². The third-order valence-corrected chi connectivity index (χ3v) is 1.13. The molecule has 0 heterocycles. The van der Waals surface area contributed by atoms with E-state index < -0.39 is 17.7 Å². The number of aliphatic imine (C=N–C) groups is 1. The van der Waals surface area contributed by atoms with Crippen LogP contribution in [0.2, 0.25) is 0 Å². The Kier molecular flexibility index (Phi) is 4.77. The average molecular weight is 216 g/mol. The van der Waals surface area contributed by atoms with Crippen LogP contribution in [0.4, 0.5) is 4.79 Å². The summed E-state index contributed by atoms with van der Waals surface area (Å²) in [6.45, 7) is 6.32. The molecular weight excluding hydrogens is 200 g/mol. The number of alkyl carbamates (subject to hydrolysis) is 1. The number of carbonyl (C=O) groups excluding carboxylic acids is 1. The SMILES string of the molecule is C/C(=N/CC(=O)O)NC(=O)OC(C)(C)C. The molecule has 15 heavy (non-hydrogen) atoms. The number of hydrogen-bond acceptors (Lipinski definition) is 4. The molecule has 1 amide bonds. The Morgan fingerprint density at radius 3 is 2.33 bits per heavy atom. The van der Waals surface area contributed by atoms with Gasteiger partial charge in [0, 0.05) is 0 Å². The Balaban J connectivity index is 4.07. The van der Waals surface area contributed by atoms with E-state index in [1.54, 1.807) is 20.8 Å². The van der Waals surface area contributed by atoms with Crippen molar-refractivity contribution >= 4 is 17.9 Å². The Bertz CT molecular complexity index is 278. The number of ether oxygens (including phenoxy) is 1. The normalized spacial score (nSPS) is 12.1. The molecule has 0 saturated carbocycles. The number of amides is 1. The van der Waals surface area contributed by atoms with Crippen molar-refractivity contribution in [3.8, 4) is 0 Å². The minimum absolute atomic E-state index is 0.214. The molecule has 0 unspecified atom stereocenters. The summed E-state index contributed by atoms with van der Waals surface area (Å²) in [6.07, 6.45) is -0.644. The van der Waals surface area contributed by atoms with Gasteiger partial charge in [-0.15, -0.1) is 0 Å². The number of hydrogen-bond donors (Lipinski definition) is 2. The second-order valence-corrected chi connectivity index (χ2v) is 3.92. The largest absolute Gasteiger partial charge is 0.480 e. The summed E-state index contributed by atoms with van der Waals surface area (Å²) in [5.74, 6) is -0.841. The predicted octanol–water partition coefficient (Wildman–Crippen LogP) is 1.01. The van der Waals surface area contributed by atoms with Crippen LogP contribution in [0.3, 0.4) is 0 Å². The zero-order chi connectivity index (χ0) is 12.1. The Morgan fingerprint density at radius 1 is 1.40 bits per heavy atom. The van der Waals surface area contributed by atoms with Gasteiger partial charge in [-0.2, -0.15) is 0 Å². The fourth-order valence-electron chi connectivity index (χ4n) is 0.677. The monoisotopic (exact) mass is 216 g/mol. The van der Waals surface area contributed by atoms with Crippen LogP contribution in [-0.2, 0) is 9.53 Å². The van der Waals surface area contributed by atoms with Crippen molar-refractivity contribution in [1.29, 1.82) is 0 Å². The van der Waals surface area contributed by atoms with Crippen molar-refractivity contribution < 1.29 is 19.4 Å². The number of carbonyl (C=O) groups is 2. The molecule has 6 heteroatoms. The molecule has 6 nitrogen and oxygen atoms in total. The molecule has 0 aliphatic carbocycles. The van der Waals surface area contributed by atoms with E-state index in [2.05, 4.69) is 10.3 Å². The van der Waals surface area contributed by atoms with Crippen molar-refractivity contribution in [2.24, 2.45) is 4.99 Å². The third kappa shape index (κ3) is 8.73. The smallest absolute Gasteiger partial charge is 0.413 e. The highest BCUT2D eigenvalue weighted by atomic mass is 16.6. The quantitative estimate of drug-likeness (QED) is 0.532. The molecule has 0 aromatic rings. The molecule has 0 saturated heterocycles. The van der Waals surface area contributed by atoms with Crippen LogP contribution in [0.5, 0.6) is 0 Å². The summed E-state index contributed by atoms with van der Waals surface area (Å²) >= 11 is 0. The number of carboxylic acid groups (broad SMARTS) is 1. The Labute approximate surface area is 88.3 Å². The van der Waals surface area contributed by atoms with Gasteiger partial charge in [-0.05, 0) is 27.7 Å². The maximum absolute atomic E-state index is 11.2. The lowest BCUT2D eigenvalue weighted by Gasteiger charge is -2.19. The van der Waals surface area contributed by atoms with Gasteiger partial charge >= 0.3 is 12.1 Å². The number of amidine groups is 1. The van der Waals surface area contributed by atoms with Gasteiger partial charge in [0.15, 0.2) is 0 Å². The van der Waals surface area contributed by atoms with E-state index in [0.717, 1.165) is 0 Å². The zero-order valence-electron chi connectivity index (χ0n) is 9.33. The first kappa shape index (κ1) is 13.4. The minimum atomic E-state index is -1.06.